The van der Waals surface area contributed by atoms with Crippen LogP contribution in [0.3, 0.4) is 0 Å². The topological polar surface area (TPSA) is 43.4 Å². The van der Waals surface area contributed by atoms with E-state index in [4.69, 9.17) is 0 Å². The van der Waals surface area contributed by atoms with Crippen molar-refractivity contribution in [1.82, 2.24) is 0 Å². The molecular weight excluding hydrogens is 276 g/mol. The number of ether oxygens (including phenoxy) is 1. The van der Waals surface area contributed by atoms with Crippen LogP contribution in [0.25, 0.3) is 0 Å². The van der Waals surface area contributed by atoms with Crippen molar-refractivity contribution in [3.05, 3.63) is 12.2 Å². The van der Waals surface area contributed by atoms with E-state index in [9.17, 15) is 9.59 Å². The predicted molar refractivity (Wildman–Crippen MR) is 89.4 cm³/mol. The molecule has 0 bridgehead atoms. The summed E-state index contributed by atoms with van der Waals surface area (Å²) in [5.74, 6) is -0.276. The van der Waals surface area contributed by atoms with Crippen molar-refractivity contribution in [3.63, 3.8) is 0 Å². The molecule has 0 aromatic carbocycles. The minimum absolute atomic E-state index is 0.214. The van der Waals surface area contributed by atoms with Crippen molar-refractivity contribution >= 4 is 11.9 Å². The van der Waals surface area contributed by atoms with Crippen LogP contribution >= 0.6 is 0 Å². The number of hydrogen-bond acceptors (Lipinski definition) is 3. The molecule has 1 fully saturated rings. The summed E-state index contributed by atoms with van der Waals surface area (Å²) in [7, 11) is 0. The van der Waals surface area contributed by atoms with Crippen LogP contribution in [0.1, 0.15) is 84.5 Å². The third-order valence-corrected chi connectivity index (χ3v) is 4.17. The van der Waals surface area contributed by atoms with Crippen LogP contribution < -0.4 is 0 Å². The molecule has 1 heterocycles. The third kappa shape index (κ3) is 9.01. The Morgan fingerprint density at radius 3 is 2.14 bits per heavy atom. The van der Waals surface area contributed by atoms with Crippen molar-refractivity contribution in [2.24, 2.45) is 11.8 Å². The molecule has 0 aromatic rings. The maximum Gasteiger partial charge on any atom is 0.321 e. The quantitative estimate of drug-likeness (QED) is 0.216. The van der Waals surface area contributed by atoms with Crippen molar-refractivity contribution in [2.45, 2.75) is 84.5 Å². The van der Waals surface area contributed by atoms with Crippen molar-refractivity contribution in [1.29, 1.82) is 0 Å². The summed E-state index contributed by atoms with van der Waals surface area (Å²) in [5, 5.41) is 0. The van der Waals surface area contributed by atoms with Crippen molar-refractivity contribution in [2.75, 3.05) is 0 Å². The first-order valence-electron chi connectivity index (χ1n) is 9.00. The van der Waals surface area contributed by atoms with Gasteiger partial charge < -0.3 is 4.74 Å². The minimum Gasteiger partial charge on any atom is -0.393 e. The van der Waals surface area contributed by atoms with Gasteiger partial charge in [-0.2, -0.15) is 0 Å². The summed E-state index contributed by atoms with van der Waals surface area (Å²) >= 11 is 0. The van der Waals surface area contributed by atoms with E-state index in [1.54, 1.807) is 0 Å². The Hall–Kier alpha value is -1.12. The van der Waals surface area contributed by atoms with Gasteiger partial charge in [0, 0.05) is 0 Å². The molecule has 0 saturated carbocycles. The molecule has 1 aliphatic heterocycles. The summed E-state index contributed by atoms with van der Waals surface area (Å²) in [6.45, 7) is 4.59. The lowest BCUT2D eigenvalue weighted by atomic mass is 10.0. The van der Waals surface area contributed by atoms with E-state index in [0.717, 1.165) is 12.3 Å². The Kier molecular flexibility index (Phi) is 9.85. The second kappa shape index (κ2) is 11.4. The minimum atomic E-state index is -0.395. The lowest BCUT2D eigenvalue weighted by Gasteiger charge is -2.04. The van der Waals surface area contributed by atoms with Gasteiger partial charge in [-0.15, -0.1) is 0 Å². The Morgan fingerprint density at radius 1 is 1.00 bits per heavy atom. The Bertz CT molecular complexity index is 358. The van der Waals surface area contributed by atoms with Crippen LogP contribution in [-0.2, 0) is 14.3 Å². The van der Waals surface area contributed by atoms with Crippen molar-refractivity contribution < 1.29 is 14.3 Å². The van der Waals surface area contributed by atoms with E-state index in [-0.39, 0.29) is 12.3 Å². The Labute approximate surface area is 135 Å². The molecule has 1 saturated heterocycles. The molecule has 0 aromatic heterocycles. The van der Waals surface area contributed by atoms with E-state index in [1.807, 2.05) is 12.2 Å². The van der Waals surface area contributed by atoms with Gasteiger partial charge in [-0.3, -0.25) is 9.59 Å². The van der Waals surface area contributed by atoms with Gasteiger partial charge in [0.1, 0.15) is 0 Å². The molecule has 0 N–H and O–H groups in total. The van der Waals surface area contributed by atoms with Crippen LogP contribution in [0, 0.1) is 11.8 Å². The van der Waals surface area contributed by atoms with Gasteiger partial charge in [0.25, 0.3) is 0 Å². The molecule has 1 unspecified atom stereocenters. The van der Waals surface area contributed by atoms with Crippen LogP contribution in [0.4, 0.5) is 0 Å². The maximum atomic E-state index is 11.2. The van der Waals surface area contributed by atoms with E-state index in [1.165, 1.54) is 57.8 Å². The maximum absolute atomic E-state index is 11.2. The molecule has 0 radical (unpaired) electrons. The van der Waals surface area contributed by atoms with Crippen LogP contribution in [0.15, 0.2) is 12.2 Å². The van der Waals surface area contributed by atoms with Gasteiger partial charge in [0.05, 0.1) is 12.3 Å². The molecule has 3 heteroatoms. The van der Waals surface area contributed by atoms with Gasteiger partial charge in [-0.1, -0.05) is 77.4 Å². The van der Waals surface area contributed by atoms with Gasteiger partial charge in [-0.25, -0.2) is 0 Å². The number of unbranched alkanes of at least 4 members (excludes halogenated alkanes) is 8. The molecule has 0 aliphatic carbocycles. The second-order valence-corrected chi connectivity index (χ2v) is 6.83. The van der Waals surface area contributed by atoms with Crippen molar-refractivity contribution in [3.8, 4) is 0 Å². The molecule has 126 valence electrons. The number of carbonyl (C=O) groups is 2. The first kappa shape index (κ1) is 18.9. The highest BCUT2D eigenvalue weighted by Gasteiger charge is 2.30. The number of allylic oxidation sites excluding steroid dienone is 1. The van der Waals surface area contributed by atoms with Crippen LogP contribution in [0.5, 0.6) is 0 Å². The van der Waals surface area contributed by atoms with E-state index in [0.29, 0.717) is 0 Å². The van der Waals surface area contributed by atoms with Gasteiger partial charge in [-0.05, 0) is 18.8 Å². The summed E-state index contributed by atoms with van der Waals surface area (Å²) in [6.07, 6.45) is 17.0. The van der Waals surface area contributed by atoms with Gasteiger partial charge in [0.2, 0.25) is 0 Å². The highest BCUT2D eigenvalue weighted by molar-refractivity contribution is 5.95. The zero-order valence-electron chi connectivity index (χ0n) is 14.3. The van der Waals surface area contributed by atoms with Crippen LogP contribution in [-0.4, -0.2) is 11.9 Å². The molecule has 22 heavy (non-hydrogen) atoms. The lowest BCUT2D eigenvalue weighted by molar-refractivity contribution is -0.152. The molecule has 3 nitrogen and oxygen atoms in total. The summed E-state index contributed by atoms with van der Waals surface area (Å²) < 4.78 is 4.51. The number of rotatable bonds is 12. The molecule has 1 rings (SSSR count). The number of esters is 2. The molecule has 1 aliphatic rings. The molecule has 0 amide bonds. The summed E-state index contributed by atoms with van der Waals surface area (Å²) in [4.78, 5) is 22.2. The lowest BCUT2D eigenvalue weighted by Crippen LogP contribution is -2.03. The SMILES string of the molecule is CC(C)CCCCCCCCCCC=CC1CC(=O)OC1=O. The average Bonchev–Trinajstić information content (AvgIpc) is 2.78. The summed E-state index contributed by atoms with van der Waals surface area (Å²) in [5.41, 5.74) is 0. The van der Waals surface area contributed by atoms with E-state index in [2.05, 4.69) is 18.6 Å². The highest BCUT2D eigenvalue weighted by Crippen LogP contribution is 2.18. The monoisotopic (exact) mass is 308 g/mol. The fourth-order valence-corrected chi connectivity index (χ4v) is 2.77. The second-order valence-electron chi connectivity index (χ2n) is 6.83. The zero-order chi connectivity index (χ0) is 16.2. The fourth-order valence-electron chi connectivity index (χ4n) is 2.77. The van der Waals surface area contributed by atoms with Crippen LogP contribution in [0.2, 0.25) is 0 Å². The Morgan fingerprint density at radius 2 is 1.59 bits per heavy atom. The van der Waals surface area contributed by atoms with E-state index >= 15 is 0 Å². The fraction of sp³-hybridized carbons (Fsp3) is 0.789. The summed E-state index contributed by atoms with van der Waals surface area (Å²) in [6, 6.07) is 0. The average molecular weight is 308 g/mol. The van der Waals surface area contributed by atoms with E-state index < -0.39 is 11.9 Å². The standard InChI is InChI=1S/C19H32O3/c1-16(2)13-11-9-7-5-3-4-6-8-10-12-14-17-15-18(20)22-19(17)21/h12,14,16-17H,3-11,13,15H2,1-2H3. The number of hydrogen-bond donors (Lipinski definition) is 0. The third-order valence-electron chi connectivity index (χ3n) is 4.17. The first-order chi connectivity index (χ1) is 10.6. The van der Waals surface area contributed by atoms with Gasteiger partial charge in [0.15, 0.2) is 0 Å². The predicted octanol–water partition coefficient (Wildman–Crippen LogP) is 5.19. The largest absolute Gasteiger partial charge is 0.393 e. The number of cyclic esters (lactones) is 2. The normalized spacial score (nSPS) is 18.6. The first-order valence-corrected chi connectivity index (χ1v) is 9.00. The molecular formula is C19H32O3. The Balaban J connectivity index is 1.86. The zero-order valence-corrected chi connectivity index (χ0v) is 14.3. The molecule has 0 spiro atoms. The number of carbonyl (C=O) groups excluding carboxylic acids is 2. The molecule has 1 atom stereocenters. The van der Waals surface area contributed by atoms with Gasteiger partial charge >= 0.3 is 11.9 Å². The smallest absolute Gasteiger partial charge is 0.321 e. The highest BCUT2D eigenvalue weighted by atomic mass is 16.6.